The summed E-state index contributed by atoms with van der Waals surface area (Å²) >= 11 is 0. The molecule has 1 heterocycles. The standard InChI is InChI=1S/C13H15F2N3O2.ClH/c1-7(16)13(20)17-8-5-11(19)18(6-8)12-9(14)3-2-4-10(12)15;/h2-4,7-8H,5-6,16H2,1H3,(H,17,20);1H/t7-,8?;/m1./s1. The van der Waals surface area contributed by atoms with Gasteiger partial charge in [0.05, 0.1) is 12.1 Å². The van der Waals surface area contributed by atoms with Crippen molar-refractivity contribution in [2.75, 3.05) is 11.4 Å². The van der Waals surface area contributed by atoms with Gasteiger partial charge in [-0.15, -0.1) is 12.4 Å². The van der Waals surface area contributed by atoms with E-state index >= 15 is 0 Å². The molecule has 1 aromatic carbocycles. The van der Waals surface area contributed by atoms with Crippen molar-refractivity contribution >= 4 is 29.9 Å². The van der Waals surface area contributed by atoms with Crippen molar-refractivity contribution in [2.24, 2.45) is 5.73 Å². The number of nitrogens with zero attached hydrogens (tertiary/aromatic N) is 1. The van der Waals surface area contributed by atoms with Crippen LogP contribution >= 0.6 is 12.4 Å². The van der Waals surface area contributed by atoms with Gasteiger partial charge < -0.3 is 16.0 Å². The van der Waals surface area contributed by atoms with Gasteiger partial charge in [0.2, 0.25) is 11.8 Å². The van der Waals surface area contributed by atoms with E-state index in [1.165, 1.54) is 13.0 Å². The van der Waals surface area contributed by atoms with Crippen LogP contribution in [-0.2, 0) is 9.59 Å². The third-order valence-electron chi connectivity index (χ3n) is 3.09. The summed E-state index contributed by atoms with van der Waals surface area (Å²) in [6, 6.07) is 2.19. The fourth-order valence-corrected chi connectivity index (χ4v) is 2.10. The second-order valence-electron chi connectivity index (χ2n) is 4.77. The molecule has 0 bridgehead atoms. The number of rotatable bonds is 3. The Bertz CT molecular complexity index is 534. The second-order valence-corrected chi connectivity index (χ2v) is 4.77. The summed E-state index contributed by atoms with van der Waals surface area (Å²) in [4.78, 5) is 24.3. The summed E-state index contributed by atoms with van der Waals surface area (Å²) in [5.74, 6) is -2.46. The van der Waals surface area contributed by atoms with E-state index in [4.69, 9.17) is 5.73 Å². The molecule has 1 aliphatic heterocycles. The molecule has 1 fully saturated rings. The molecule has 2 rings (SSSR count). The van der Waals surface area contributed by atoms with Gasteiger partial charge in [-0.1, -0.05) is 6.07 Å². The molecule has 0 aromatic heterocycles. The fraction of sp³-hybridized carbons (Fsp3) is 0.385. The first kappa shape index (κ1) is 17.3. The van der Waals surface area contributed by atoms with E-state index in [1.54, 1.807) is 0 Å². The number of halogens is 3. The summed E-state index contributed by atoms with van der Waals surface area (Å²) in [6.07, 6.45) is -0.00770. The van der Waals surface area contributed by atoms with Gasteiger partial charge in [-0.05, 0) is 19.1 Å². The lowest BCUT2D eigenvalue weighted by molar-refractivity contribution is -0.122. The molecule has 0 radical (unpaired) electrons. The topological polar surface area (TPSA) is 75.4 Å². The number of benzene rings is 1. The van der Waals surface area contributed by atoms with Crippen LogP contribution in [0, 0.1) is 11.6 Å². The number of carbonyl (C=O) groups is 2. The smallest absolute Gasteiger partial charge is 0.236 e. The zero-order valence-electron chi connectivity index (χ0n) is 11.3. The highest BCUT2D eigenvalue weighted by Crippen LogP contribution is 2.27. The van der Waals surface area contributed by atoms with Crippen LogP contribution in [0.2, 0.25) is 0 Å². The minimum atomic E-state index is -0.808. The molecule has 116 valence electrons. The monoisotopic (exact) mass is 319 g/mol. The van der Waals surface area contributed by atoms with E-state index in [-0.39, 0.29) is 31.1 Å². The molecule has 1 aromatic rings. The largest absolute Gasteiger partial charge is 0.350 e. The lowest BCUT2D eigenvalue weighted by atomic mass is 10.2. The Kier molecular flexibility index (Phi) is 5.62. The van der Waals surface area contributed by atoms with Crippen LogP contribution in [0.3, 0.4) is 0 Å². The quantitative estimate of drug-likeness (QED) is 0.871. The first-order chi connectivity index (χ1) is 9.40. The molecular formula is C13H16ClF2N3O2. The maximum Gasteiger partial charge on any atom is 0.236 e. The molecular weight excluding hydrogens is 304 g/mol. The van der Waals surface area contributed by atoms with Crippen LogP contribution in [0.5, 0.6) is 0 Å². The number of nitrogens with one attached hydrogen (secondary N) is 1. The molecule has 0 aliphatic carbocycles. The van der Waals surface area contributed by atoms with E-state index < -0.39 is 35.5 Å². The number of amides is 2. The Morgan fingerprint density at radius 1 is 1.43 bits per heavy atom. The van der Waals surface area contributed by atoms with Gasteiger partial charge in [-0.3, -0.25) is 9.59 Å². The summed E-state index contributed by atoms with van der Waals surface area (Å²) < 4.78 is 27.3. The highest BCUT2D eigenvalue weighted by molar-refractivity contribution is 5.97. The van der Waals surface area contributed by atoms with Crippen molar-refractivity contribution in [3.63, 3.8) is 0 Å². The Morgan fingerprint density at radius 2 is 2.00 bits per heavy atom. The lowest BCUT2D eigenvalue weighted by Gasteiger charge is -2.19. The second kappa shape index (κ2) is 6.82. The molecule has 21 heavy (non-hydrogen) atoms. The Balaban J connectivity index is 0.00000220. The van der Waals surface area contributed by atoms with Crippen molar-refractivity contribution in [3.05, 3.63) is 29.8 Å². The molecule has 0 spiro atoms. The van der Waals surface area contributed by atoms with E-state index in [9.17, 15) is 18.4 Å². The van der Waals surface area contributed by atoms with Gasteiger partial charge in [-0.25, -0.2) is 8.78 Å². The van der Waals surface area contributed by atoms with Crippen LogP contribution in [-0.4, -0.2) is 30.4 Å². The average molecular weight is 320 g/mol. The van der Waals surface area contributed by atoms with Crippen molar-refractivity contribution in [3.8, 4) is 0 Å². The molecule has 8 heteroatoms. The van der Waals surface area contributed by atoms with Crippen molar-refractivity contribution < 1.29 is 18.4 Å². The molecule has 2 amide bonds. The number of hydrogen-bond acceptors (Lipinski definition) is 3. The number of hydrogen-bond donors (Lipinski definition) is 2. The Labute approximate surface area is 126 Å². The Morgan fingerprint density at radius 3 is 2.52 bits per heavy atom. The minimum Gasteiger partial charge on any atom is -0.350 e. The SMILES string of the molecule is C[C@@H](N)C(=O)NC1CC(=O)N(c2c(F)cccc2F)C1.Cl. The van der Waals surface area contributed by atoms with Gasteiger partial charge in [0.25, 0.3) is 0 Å². The number of nitrogens with two attached hydrogens (primary N) is 1. The van der Waals surface area contributed by atoms with Crippen LogP contribution in [0.15, 0.2) is 18.2 Å². The van der Waals surface area contributed by atoms with Crippen LogP contribution in [0.25, 0.3) is 0 Å². The van der Waals surface area contributed by atoms with Crippen LogP contribution in [0.1, 0.15) is 13.3 Å². The van der Waals surface area contributed by atoms with E-state index in [2.05, 4.69) is 5.32 Å². The molecule has 3 N–H and O–H groups in total. The van der Waals surface area contributed by atoms with Gasteiger partial charge >= 0.3 is 0 Å². The first-order valence-corrected chi connectivity index (χ1v) is 6.20. The maximum absolute atomic E-state index is 13.7. The maximum atomic E-state index is 13.7. The molecule has 0 saturated carbocycles. The average Bonchev–Trinajstić information content (AvgIpc) is 2.70. The number of para-hydroxylation sites is 1. The Hall–Kier alpha value is -1.73. The normalized spacial score (nSPS) is 19.1. The third kappa shape index (κ3) is 3.68. The van der Waals surface area contributed by atoms with E-state index in [0.29, 0.717) is 0 Å². The van der Waals surface area contributed by atoms with Gasteiger partial charge in [0, 0.05) is 13.0 Å². The van der Waals surface area contributed by atoms with Gasteiger partial charge in [-0.2, -0.15) is 0 Å². The van der Waals surface area contributed by atoms with Gasteiger partial charge in [0.15, 0.2) is 0 Å². The summed E-state index contributed by atoms with van der Waals surface area (Å²) in [5, 5.41) is 2.58. The van der Waals surface area contributed by atoms with E-state index in [1.807, 2.05) is 0 Å². The first-order valence-electron chi connectivity index (χ1n) is 6.20. The summed E-state index contributed by atoms with van der Waals surface area (Å²) in [6.45, 7) is 1.54. The number of anilines is 1. The summed E-state index contributed by atoms with van der Waals surface area (Å²) in [7, 11) is 0. The van der Waals surface area contributed by atoms with Gasteiger partial charge in [0.1, 0.15) is 17.3 Å². The van der Waals surface area contributed by atoms with Crippen LogP contribution < -0.4 is 16.0 Å². The third-order valence-corrected chi connectivity index (χ3v) is 3.09. The van der Waals surface area contributed by atoms with Crippen molar-refractivity contribution in [1.82, 2.24) is 5.32 Å². The molecule has 2 atom stereocenters. The van der Waals surface area contributed by atoms with Crippen molar-refractivity contribution in [1.29, 1.82) is 0 Å². The van der Waals surface area contributed by atoms with Crippen molar-refractivity contribution in [2.45, 2.75) is 25.4 Å². The molecule has 1 aliphatic rings. The van der Waals surface area contributed by atoms with E-state index in [0.717, 1.165) is 17.0 Å². The number of carbonyl (C=O) groups excluding carboxylic acids is 2. The highest BCUT2D eigenvalue weighted by Gasteiger charge is 2.34. The minimum absolute atomic E-state index is 0. The molecule has 5 nitrogen and oxygen atoms in total. The predicted molar refractivity (Wildman–Crippen MR) is 76.2 cm³/mol. The lowest BCUT2D eigenvalue weighted by Crippen LogP contribution is -2.45. The van der Waals surface area contributed by atoms with Crippen LogP contribution in [0.4, 0.5) is 14.5 Å². The molecule has 1 unspecified atom stereocenters. The highest BCUT2D eigenvalue weighted by atomic mass is 35.5. The molecule has 1 saturated heterocycles. The summed E-state index contributed by atoms with van der Waals surface area (Å²) in [5.41, 5.74) is 5.03. The zero-order chi connectivity index (χ0) is 14.9. The fourth-order valence-electron chi connectivity index (χ4n) is 2.10. The predicted octanol–water partition coefficient (Wildman–Crippen LogP) is 0.955. The zero-order valence-corrected chi connectivity index (χ0v) is 12.1.